The van der Waals surface area contributed by atoms with Gasteiger partial charge in [0, 0.05) is 6.16 Å². The molecular weight excluding hydrogens is 183 g/mol. The van der Waals surface area contributed by atoms with E-state index in [1.54, 1.807) is 0 Å². The van der Waals surface area contributed by atoms with E-state index in [4.69, 9.17) is 4.52 Å². The standard InChI is InChI=1S/C10H15O2P/c1-3-7-13(11)12-10-6-4-5-9(2)8-10/h4-6,8,13H,3,7H2,1-2H3. The fourth-order valence-electron chi connectivity index (χ4n) is 1.07. The number of hydrogen-bond acceptors (Lipinski definition) is 2. The molecule has 0 aromatic heterocycles. The van der Waals surface area contributed by atoms with Crippen molar-refractivity contribution in [2.24, 2.45) is 0 Å². The van der Waals surface area contributed by atoms with Gasteiger partial charge in [-0.05, 0) is 31.0 Å². The lowest BCUT2D eigenvalue weighted by Gasteiger charge is -2.05. The summed E-state index contributed by atoms with van der Waals surface area (Å²) < 4.78 is 16.6. The fraction of sp³-hybridized carbons (Fsp3) is 0.400. The van der Waals surface area contributed by atoms with E-state index < -0.39 is 8.03 Å². The summed E-state index contributed by atoms with van der Waals surface area (Å²) in [4.78, 5) is 0. The third-order valence-corrected chi connectivity index (χ3v) is 3.05. The molecule has 72 valence electrons. The normalized spacial score (nSPS) is 12.5. The van der Waals surface area contributed by atoms with Gasteiger partial charge < -0.3 is 4.52 Å². The summed E-state index contributed by atoms with van der Waals surface area (Å²) in [6.45, 7) is 3.99. The molecule has 13 heavy (non-hydrogen) atoms. The van der Waals surface area contributed by atoms with Crippen LogP contribution in [0.2, 0.25) is 0 Å². The Hall–Kier alpha value is -0.750. The van der Waals surface area contributed by atoms with Crippen molar-refractivity contribution in [3.05, 3.63) is 29.8 Å². The van der Waals surface area contributed by atoms with E-state index in [1.165, 1.54) is 0 Å². The predicted octanol–water partition coefficient (Wildman–Crippen LogP) is 3.26. The van der Waals surface area contributed by atoms with Gasteiger partial charge in [-0.1, -0.05) is 19.1 Å². The van der Waals surface area contributed by atoms with E-state index in [0.717, 1.165) is 17.7 Å². The molecule has 0 radical (unpaired) electrons. The first-order chi connectivity index (χ1) is 6.22. The van der Waals surface area contributed by atoms with Crippen LogP contribution >= 0.6 is 8.03 Å². The maximum atomic E-state index is 11.3. The highest BCUT2D eigenvalue weighted by Gasteiger charge is 1.99. The smallest absolute Gasteiger partial charge is 0.236 e. The van der Waals surface area contributed by atoms with Crippen LogP contribution in [0.3, 0.4) is 0 Å². The average molecular weight is 198 g/mol. The Kier molecular flexibility index (Phi) is 4.04. The van der Waals surface area contributed by atoms with Crippen LogP contribution in [-0.4, -0.2) is 6.16 Å². The van der Waals surface area contributed by atoms with Gasteiger partial charge in [-0.2, -0.15) is 0 Å². The van der Waals surface area contributed by atoms with Gasteiger partial charge in [0.1, 0.15) is 5.75 Å². The van der Waals surface area contributed by atoms with Crippen molar-refractivity contribution in [1.29, 1.82) is 0 Å². The summed E-state index contributed by atoms with van der Waals surface area (Å²) >= 11 is 0. The van der Waals surface area contributed by atoms with Crippen LogP contribution < -0.4 is 4.52 Å². The van der Waals surface area contributed by atoms with Crippen LogP contribution in [0.25, 0.3) is 0 Å². The van der Waals surface area contributed by atoms with E-state index in [0.29, 0.717) is 6.16 Å². The lowest BCUT2D eigenvalue weighted by molar-refractivity contribution is 0.504. The molecule has 3 heteroatoms. The summed E-state index contributed by atoms with van der Waals surface area (Å²) in [5, 5.41) is 0. The van der Waals surface area contributed by atoms with Crippen LogP contribution in [0, 0.1) is 6.92 Å². The summed E-state index contributed by atoms with van der Waals surface area (Å²) in [5.41, 5.74) is 1.13. The molecule has 1 unspecified atom stereocenters. The Labute approximate surface area is 79.8 Å². The Morgan fingerprint density at radius 2 is 2.23 bits per heavy atom. The molecule has 0 aliphatic rings. The monoisotopic (exact) mass is 198 g/mol. The molecule has 0 spiro atoms. The third kappa shape index (κ3) is 3.65. The van der Waals surface area contributed by atoms with Gasteiger partial charge in [-0.15, -0.1) is 0 Å². The number of benzene rings is 1. The van der Waals surface area contributed by atoms with Crippen molar-refractivity contribution in [2.45, 2.75) is 20.3 Å². The van der Waals surface area contributed by atoms with Crippen LogP contribution in [-0.2, 0) is 4.57 Å². The summed E-state index contributed by atoms with van der Waals surface area (Å²) in [6, 6.07) is 7.64. The van der Waals surface area contributed by atoms with Gasteiger partial charge in [0.25, 0.3) is 0 Å². The van der Waals surface area contributed by atoms with Crippen LogP contribution in [0.15, 0.2) is 24.3 Å². The molecule has 0 saturated carbocycles. The highest BCUT2D eigenvalue weighted by molar-refractivity contribution is 7.39. The van der Waals surface area contributed by atoms with E-state index in [1.807, 2.05) is 38.1 Å². The Bertz CT molecular complexity index is 297. The third-order valence-electron chi connectivity index (χ3n) is 1.68. The zero-order valence-electron chi connectivity index (χ0n) is 8.04. The quantitative estimate of drug-likeness (QED) is 0.694. The fourth-order valence-corrected chi connectivity index (χ4v) is 1.97. The van der Waals surface area contributed by atoms with Crippen molar-refractivity contribution in [1.82, 2.24) is 0 Å². The maximum Gasteiger partial charge on any atom is 0.236 e. The number of rotatable bonds is 4. The molecule has 0 saturated heterocycles. The predicted molar refractivity (Wildman–Crippen MR) is 56.0 cm³/mol. The molecule has 1 aromatic carbocycles. The minimum Gasteiger partial charge on any atom is -0.445 e. The van der Waals surface area contributed by atoms with Gasteiger partial charge in [-0.3, -0.25) is 4.57 Å². The molecule has 1 atom stereocenters. The van der Waals surface area contributed by atoms with Gasteiger partial charge >= 0.3 is 0 Å². The molecule has 0 bridgehead atoms. The first-order valence-electron chi connectivity index (χ1n) is 4.49. The van der Waals surface area contributed by atoms with Crippen molar-refractivity contribution in [3.8, 4) is 5.75 Å². The Balaban J connectivity index is 2.58. The van der Waals surface area contributed by atoms with Crippen LogP contribution in [0.1, 0.15) is 18.9 Å². The highest BCUT2D eigenvalue weighted by Crippen LogP contribution is 2.27. The first-order valence-corrected chi connectivity index (χ1v) is 6.02. The summed E-state index contributed by atoms with van der Waals surface area (Å²) in [6.07, 6.45) is 1.57. The van der Waals surface area contributed by atoms with Crippen LogP contribution in [0.4, 0.5) is 0 Å². The second-order valence-electron chi connectivity index (χ2n) is 3.04. The van der Waals surface area contributed by atoms with E-state index in [2.05, 4.69) is 0 Å². The van der Waals surface area contributed by atoms with Crippen molar-refractivity contribution >= 4 is 8.03 Å². The molecule has 0 fully saturated rings. The zero-order valence-corrected chi connectivity index (χ0v) is 9.04. The minimum absolute atomic E-state index is 0.665. The van der Waals surface area contributed by atoms with Gasteiger partial charge in [0.05, 0.1) is 0 Å². The summed E-state index contributed by atoms with van der Waals surface area (Å²) in [7, 11) is -1.86. The molecular formula is C10H15O2P. The van der Waals surface area contributed by atoms with Gasteiger partial charge in [0.15, 0.2) is 0 Å². The molecule has 0 amide bonds. The molecule has 0 N–H and O–H groups in total. The summed E-state index contributed by atoms with van der Waals surface area (Å²) in [5.74, 6) is 0.720. The lowest BCUT2D eigenvalue weighted by Crippen LogP contribution is -1.85. The number of hydrogen-bond donors (Lipinski definition) is 0. The average Bonchev–Trinajstić information content (AvgIpc) is 2.04. The second kappa shape index (κ2) is 5.08. The first kappa shape index (κ1) is 10.3. The Morgan fingerprint density at radius 3 is 2.85 bits per heavy atom. The molecule has 0 aliphatic heterocycles. The van der Waals surface area contributed by atoms with Gasteiger partial charge in [-0.25, -0.2) is 0 Å². The SMILES string of the molecule is CCC[PH](=O)Oc1cccc(C)c1. The maximum absolute atomic E-state index is 11.3. The van der Waals surface area contributed by atoms with Crippen molar-refractivity contribution in [3.63, 3.8) is 0 Å². The van der Waals surface area contributed by atoms with Crippen molar-refractivity contribution in [2.75, 3.05) is 6.16 Å². The lowest BCUT2D eigenvalue weighted by atomic mass is 10.2. The number of aryl methyl sites for hydroxylation is 1. The Morgan fingerprint density at radius 1 is 1.46 bits per heavy atom. The molecule has 1 aromatic rings. The zero-order chi connectivity index (χ0) is 9.68. The van der Waals surface area contributed by atoms with Gasteiger partial charge in [0.2, 0.25) is 8.03 Å². The van der Waals surface area contributed by atoms with Crippen molar-refractivity contribution < 1.29 is 9.09 Å². The van der Waals surface area contributed by atoms with E-state index in [-0.39, 0.29) is 0 Å². The second-order valence-corrected chi connectivity index (χ2v) is 4.49. The molecule has 0 aliphatic carbocycles. The molecule has 0 heterocycles. The van der Waals surface area contributed by atoms with Crippen LogP contribution in [0.5, 0.6) is 5.75 Å². The van der Waals surface area contributed by atoms with E-state index >= 15 is 0 Å². The molecule has 2 nitrogen and oxygen atoms in total. The highest BCUT2D eigenvalue weighted by atomic mass is 31.1. The minimum atomic E-state index is -1.86. The molecule has 1 rings (SSSR count). The van der Waals surface area contributed by atoms with E-state index in [9.17, 15) is 4.57 Å². The topological polar surface area (TPSA) is 26.3 Å². The largest absolute Gasteiger partial charge is 0.445 e.